The van der Waals surface area contributed by atoms with Crippen LogP contribution in [-0.4, -0.2) is 90.9 Å². The number of halogens is 1. The van der Waals surface area contributed by atoms with Crippen LogP contribution in [-0.2, 0) is 28.3 Å². The maximum Gasteiger partial charge on any atom is 0.340 e. The van der Waals surface area contributed by atoms with Gasteiger partial charge in [-0.05, 0) is 133 Å². The minimum atomic E-state index is -1.00. The van der Waals surface area contributed by atoms with Gasteiger partial charge in [-0.1, -0.05) is 15.5 Å². The molecule has 0 atom stereocenters. The van der Waals surface area contributed by atoms with E-state index in [9.17, 15) is 18.8 Å². The number of hydrogen-bond donors (Lipinski definition) is 1. The summed E-state index contributed by atoms with van der Waals surface area (Å²) in [5.74, 6) is 5.53. The molecule has 0 amide bonds. The van der Waals surface area contributed by atoms with Crippen molar-refractivity contribution in [3.05, 3.63) is 105 Å². The molecule has 3 aliphatic carbocycles. The van der Waals surface area contributed by atoms with Crippen molar-refractivity contribution < 1.29 is 47.9 Å². The van der Waals surface area contributed by atoms with E-state index < -0.39 is 13.1 Å². The van der Waals surface area contributed by atoms with E-state index in [1.807, 2.05) is 90.5 Å². The van der Waals surface area contributed by atoms with Gasteiger partial charge in [0, 0.05) is 48.5 Å². The number of fused-ring (bicyclic) bond motifs is 3. The lowest BCUT2D eigenvalue weighted by Crippen LogP contribution is -2.06. The van der Waals surface area contributed by atoms with Crippen molar-refractivity contribution in [2.75, 3.05) is 28.5 Å². The molecule has 3 fully saturated rings. The molecule has 19 heteroatoms. The Morgan fingerprint density at radius 1 is 0.589 bits per heavy atom. The summed E-state index contributed by atoms with van der Waals surface area (Å²) in [6.45, 7) is 11.3. The van der Waals surface area contributed by atoms with Gasteiger partial charge in [-0.15, -0.1) is 0 Å². The van der Waals surface area contributed by atoms with Gasteiger partial charge in [0.2, 0.25) is 0 Å². The highest BCUT2D eigenvalue weighted by Crippen LogP contribution is 2.44. The van der Waals surface area contributed by atoms with Crippen molar-refractivity contribution in [2.45, 2.75) is 97.8 Å². The first-order chi connectivity index (χ1) is 35.5. The second-order valence-corrected chi connectivity index (χ2v) is 18.8. The van der Waals surface area contributed by atoms with Crippen molar-refractivity contribution in [2.24, 2.45) is 14.1 Å². The summed E-state index contributed by atoms with van der Waals surface area (Å²) in [5.41, 5.74) is 13.9. The summed E-state index contributed by atoms with van der Waals surface area (Å²) < 4.78 is 50.3. The van der Waals surface area contributed by atoms with E-state index in [0.29, 0.717) is 45.5 Å². The zero-order valence-electron chi connectivity index (χ0n) is 43.8. The Morgan fingerprint density at radius 3 is 1.47 bits per heavy atom. The van der Waals surface area contributed by atoms with E-state index in [1.165, 1.54) is 21.3 Å². The SMILES string of the molecule is COC(=O)c1cc(-c2c(C)noc2C)cc2[nH]c(C3CC3)nc12.COC(=O)c1cc(-c2c(C)noc2C)cc2c1nc(C1CC1)n2C.COC(=O)c1cc(-c2c(C)noc2C)cc2nc(C3CC3)n(C)c12.[2H]CF. The van der Waals surface area contributed by atoms with Gasteiger partial charge >= 0.3 is 17.9 Å². The fourth-order valence-corrected chi connectivity index (χ4v) is 9.69. The van der Waals surface area contributed by atoms with Crippen LogP contribution >= 0.6 is 0 Å². The van der Waals surface area contributed by atoms with Gasteiger partial charge in [-0.3, -0.25) is 4.39 Å². The quantitative estimate of drug-likeness (QED) is 0.105. The number of imidazole rings is 3. The van der Waals surface area contributed by atoms with Gasteiger partial charge in [-0.2, -0.15) is 0 Å². The Labute approximate surface area is 421 Å². The van der Waals surface area contributed by atoms with Gasteiger partial charge in [0.15, 0.2) is 0 Å². The molecule has 6 aromatic heterocycles. The maximum atomic E-state index is 12.4. The fourth-order valence-electron chi connectivity index (χ4n) is 9.69. The minimum Gasteiger partial charge on any atom is -0.465 e. The average molecular weight is 997 g/mol. The second-order valence-electron chi connectivity index (χ2n) is 18.8. The molecule has 0 radical (unpaired) electrons. The monoisotopic (exact) mass is 996 g/mol. The Hall–Kier alpha value is -7.96. The molecule has 12 rings (SSSR count). The Kier molecular flexibility index (Phi) is 13.3. The first-order valence-electron chi connectivity index (χ1n) is 24.7. The summed E-state index contributed by atoms with van der Waals surface area (Å²) in [7, 11) is 7.13. The highest BCUT2D eigenvalue weighted by atomic mass is 19.1. The molecule has 0 saturated heterocycles. The number of carbonyl (C=O) groups is 3. The zero-order chi connectivity index (χ0) is 52.9. The van der Waals surface area contributed by atoms with Gasteiger partial charge in [0.25, 0.3) is 0 Å². The first-order valence-corrected chi connectivity index (χ1v) is 24.0. The number of aryl methyl sites for hydroxylation is 8. The number of benzene rings is 3. The lowest BCUT2D eigenvalue weighted by atomic mass is 10.0. The minimum absolute atomic E-state index is 0.362. The van der Waals surface area contributed by atoms with Crippen LogP contribution in [0.5, 0.6) is 0 Å². The second kappa shape index (κ2) is 19.9. The normalized spacial score (nSPS) is 14.2. The number of nitrogens with zero attached hydrogens (tertiary/aromatic N) is 8. The molecule has 380 valence electrons. The smallest absolute Gasteiger partial charge is 0.340 e. The van der Waals surface area contributed by atoms with E-state index >= 15 is 0 Å². The van der Waals surface area contributed by atoms with Crippen LogP contribution in [0.1, 0.15) is 141 Å². The standard InChI is InChI=1S/2C18H19N3O3.C17H17N3O3.CH3F/c1-9-15(10(2)24-20-9)12-7-13(18(22)23-4)16-14(8-12)21(3)17(19-16)11-5-6-11;1-9-15(10(2)24-20-9)12-7-13(18(22)23-4)16-14(8-12)19-17(21(16)3)11-5-6-11;1-8-14(9(2)23-20-8)11-6-12(17(21)22-3)15-13(7-11)18-16(19-15)10-4-5-10;1-2/h2*7-8,11H,5-6H2,1-4H3;6-7,10H,4-5H2,1-3H3,(H,18,19);1H3/i;;;1D. The number of alkyl halides is 1. The van der Waals surface area contributed by atoms with E-state index in [1.54, 1.807) is 6.07 Å². The number of carbonyl (C=O) groups excluding carboxylic acids is 3. The third-order valence-electron chi connectivity index (χ3n) is 13.7. The summed E-state index contributed by atoms with van der Waals surface area (Å²) in [4.78, 5) is 54.4. The molecule has 1 N–H and O–H groups in total. The Morgan fingerprint density at radius 2 is 1.01 bits per heavy atom. The number of hydrogen-bond acceptors (Lipinski definition) is 15. The van der Waals surface area contributed by atoms with E-state index in [2.05, 4.69) is 30.0 Å². The van der Waals surface area contributed by atoms with Gasteiger partial charge in [0.05, 0.1) is 85.7 Å². The molecule has 0 aliphatic heterocycles. The highest BCUT2D eigenvalue weighted by molar-refractivity contribution is 6.06. The predicted octanol–water partition coefficient (Wildman–Crippen LogP) is 11.1. The molecule has 3 aliphatic rings. The van der Waals surface area contributed by atoms with Crippen molar-refractivity contribution in [1.82, 2.24) is 44.5 Å². The molecule has 0 bridgehead atoms. The number of rotatable bonds is 9. The Balaban J connectivity index is 0.000000133. The van der Waals surface area contributed by atoms with E-state index in [4.69, 9.17) is 39.1 Å². The molecule has 73 heavy (non-hydrogen) atoms. The molecule has 9 aromatic rings. The number of H-pyrrole nitrogens is 1. The van der Waals surface area contributed by atoms with Crippen molar-refractivity contribution >= 4 is 51.0 Å². The van der Waals surface area contributed by atoms with Crippen LogP contribution in [0.15, 0.2) is 50.0 Å². The lowest BCUT2D eigenvalue weighted by Gasteiger charge is -2.08. The largest absolute Gasteiger partial charge is 0.465 e. The Bertz CT molecular complexity index is 3550. The number of aromatic nitrogens is 9. The number of methoxy groups -OCH3 is 3. The van der Waals surface area contributed by atoms with E-state index in [-0.39, 0.29) is 11.9 Å². The van der Waals surface area contributed by atoms with Gasteiger partial charge < -0.3 is 41.9 Å². The fraction of sp³-hybridized carbons (Fsp3) is 0.389. The number of aromatic amines is 1. The van der Waals surface area contributed by atoms with Crippen molar-refractivity contribution in [3.8, 4) is 33.4 Å². The number of esters is 3. The maximum absolute atomic E-state index is 12.4. The molecule has 3 aromatic carbocycles. The summed E-state index contributed by atoms with van der Waals surface area (Å²) in [5, 5.41) is 12.0. The molecule has 0 spiro atoms. The molecular formula is C54H58FN9O9. The van der Waals surface area contributed by atoms with Crippen LogP contribution in [0.3, 0.4) is 0 Å². The van der Waals surface area contributed by atoms with Crippen LogP contribution < -0.4 is 0 Å². The van der Waals surface area contributed by atoms with E-state index in [0.717, 1.165) is 146 Å². The third-order valence-corrected chi connectivity index (χ3v) is 13.7. The average Bonchev–Trinajstić information content (AvgIpc) is 4.36. The predicted molar refractivity (Wildman–Crippen MR) is 269 cm³/mol. The first kappa shape index (κ1) is 48.7. The van der Waals surface area contributed by atoms with Crippen LogP contribution in [0, 0.1) is 41.5 Å². The van der Waals surface area contributed by atoms with Crippen molar-refractivity contribution in [3.63, 3.8) is 0 Å². The highest BCUT2D eigenvalue weighted by Gasteiger charge is 2.33. The van der Waals surface area contributed by atoms with Crippen LogP contribution in [0.4, 0.5) is 4.39 Å². The van der Waals surface area contributed by atoms with Crippen LogP contribution in [0.25, 0.3) is 66.5 Å². The summed E-state index contributed by atoms with van der Waals surface area (Å²) in [6, 6.07) is 11.5. The third kappa shape index (κ3) is 9.39. The lowest BCUT2D eigenvalue weighted by molar-refractivity contribution is 0.0593. The molecule has 0 unspecified atom stereocenters. The molecule has 6 heterocycles. The topological polar surface area (TPSA) is 221 Å². The molecule has 18 nitrogen and oxygen atoms in total. The summed E-state index contributed by atoms with van der Waals surface area (Å²) >= 11 is 0. The number of ether oxygens (including phenoxy) is 3. The van der Waals surface area contributed by atoms with Crippen LogP contribution in [0.2, 0.25) is 0 Å². The molecular weight excluding hydrogens is 938 g/mol. The van der Waals surface area contributed by atoms with Gasteiger partial charge in [-0.25, -0.2) is 29.3 Å². The van der Waals surface area contributed by atoms with Gasteiger partial charge in [0.1, 0.15) is 45.8 Å². The summed E-state index contributed by atoms with van der Waals surface area (Å²) in [6.07, 6.45) is 6.90. The molecule has 3 saturated carbocycles. The number of nitrogens with one attached hydrogen (secondary N) is 1. The zero-order valence-corrected chi connectivity index (χ0v) is 42.8. The van der Waals surface area contributed by atoms with Crippen molar-refractivity contribution in [1.29, 1.82) is 0 Å².